The van der Waals surface area contributed by atoms with Crippen LogP contribution in [0, 0.1) is 0 Å². The molecule has 0 saturated heterocycles. The lowest BCUT2D eigenvalue weighted by Gasteiger charge is -1.94. The highest BCUT2D eigenvalue weighted by Crippen LogP contribution is 1.83. The Morgan fingerprint density at radius 2 is 2.44 bits per heavy atom. The Hall–Kier alpha value is -0.900. The summed E-state index contributed by atoms with van der Waals surface area (Å²) in [6.45, 7) is 0.955. The van der Waals surface area contributed by atoms with E-state index in [0.717, 1.165) is 13.0 Å². The second-order valence-corrected chi connectivity index (χ2v) is 1.74. The number of aliphatic hydroxyl groups is 1. The fourth-order valence-corrected chi connectivity index (χ4v) is 0.581. The molecule has 4 heteroatoms. The zero-order valence-corrected chi connectivity index (χ0v) is 5.06. The summed E-state index contributed by atoms with van der Waals surface area (Å²) in [6, 6.07) is 0. The van der Waals surface area contributed by atoms with Gasteiger partial charge in [0.25, 0.3) is 0 Å². The van der Waals surface area contributed by atoms with Crippen molar-refractivity contribution in [2.24, 2.45) is 0 Å². The smallest absolute Gasteiger partial charge is 0.137 e. The summed E-state index contributed by atoms with van der Waals surface area (Å²) in [4.78, 5) is 3.75. The van der Waals surface area contributed by atoms with Crippen LogP contribution in [0.4, 0.5) is 0 Å². The maximum atomic E-state index is 8.40. The highest BCUT2D eigenvalue weighted by molar-refractivity contribution is 4.54. The van der Waals surface area contributed by atoms with E-state index in [9.17, 15) is 0 Å². The summed E-state index contributed by atoms with van der Waals surface area (Å²) >= 11 is 0. The van der Waals surface area contributed by atoms with Crippen molar-refractivity contribution in [1.29, 1.82) is 0 Å². The van der Waals surface area contributed by atoms with Crippen molar-refractivity contribution in [3.63, 3.8) is 0 Å². The summed E-state index contributed by atoms with van der Waals surface area (Å²) in [5.74, 6) is 0. The van der Waals surface area contributed by atoms with E-state index in [1.807, 2.05) is 0 Å². The van der Waals surface area contributed by atoms with E-state index >= 15 is 0 Å². The molecule has 0 atom stereocenters. The molecule has 0 saturated carbocycles. The van der Waals surface area contributed by atoms with E-state index in [1.54, 1.807) is 11.0 Å². The number of hydrogen-bond acceptors (Lipinski definition) is 3. The van der Waals surface area contributed by atoms with Gasteiger partial charge in [0.2, 0.25) is 0 Å². The van der Waals surface area contributed by atoms with Crippen LogP contribution in [-0.4, -0.2) is 26.5 Å². The number of aliphatic hydroxyl groups excluding tert-OH is 1. The van der Waals surface area contributed by atoms with Gasteiger partial charge < -0.3 is 5.11 Å². The second kappa shape index (κ2) is 3.19. The molecular formula is C5H9N3O. The fourth-order valence-electron chi connectivity index (χ4n) is 0.581. The van der Waals surface area contributed by atoms with Crippen LogP contribution in [0.3, 0.4) is 0 Å². The predicted molar refractivity (Wildman–Crippen MR) is 31.7 cm³/mol. The molecule has 1 N–H and O–H groups in total. The molecule has 0 fully saturated rings. The lowest BCUT2D eigenvalue weighted by molar-refractivity contribution is 0.277. The second-order valence-electron chi connectivity index (χ2n) is 1.74. The van der Waals surface area contributed by atoms with Crippen LogP contribution < -0.4 is 0 Å². The van der Waals surface area contributed by atoms with E-state index in [4.69, 9.17) is 5.11 Å². The number of aryl methyl sites for hydroxylation is 1. The van der Waals surface area contributed by atoms with Gasteiger partial charge in [0, 0.05) is 13.2 Å². The average Bonchev–Trinajstić information content (AvgIpc) is 2.34. The number of hydrogen-bond donors (Lipinski definition) is 1. The molecule has 0 unspecified atom stereocenters. The molecule has 0 aliphatic carbocycles. The molecule has 0 amide bonds. The van der Waals surface area contributed by atoms with Crippen molar-refractivity contribution in [2.45, 2.75) is 13.0 Å². The van der Waals surface area contributed by atoms with E-state index < -0.39 is 0 Å². The largest absolute Gasteiger partial charge is 0.396 e. The molecule has 0 aromatic carbocycles. The van der Waals surface area contributed by atoms with Gasteiger partial charge in [-0.25, -0.2) is 4.98 Å². The molecule has 0 aliphatic heterocycles. The van der Waals surface area contributed by atoms with Gasteiger partial charge in [0.1, 0.15) is 12.7 Å². The van der Waals surface area contributed by atoms with Crippen LogP contribution in [0.5, 0.6) is 0 Å². The maximum Gasteiger partial charge on any atom is 0.137 e. The third kappa shape index (κ3) is 1.81. The Bertz CT molecular complexity index is 149. The standard InChI is InChI=1S/C5H9N3O/c9-3-1-2-8-5-6-4-7-8/h4-5,9H,1-3H2. The van der Waals surface area contributed by atoms with Gasteiger partial charge in [-0.2, -0.15) is 5.10 Å². The first-order valence-electron chi connectivity index (χ1n) is 2.87. The van der Waals surface area contributed by atoms with E-state index in [1.165, 1.54) is 6.33 Å². The minimum Gasteiger partial charge on any atom is -0.396 e. The molecule has 0 spiro atoms. The summed E-state index contributed by atoms with van der Waals surface area (Å²) < 4.78 is 1.69. The molecule has 1 heterocycles. The number of nitrogens with zero attached hydrogens (tertiary/aromatic N) is 3. The lowest BCUT2D eigenvalue weighted by atomic mass is 10.5. The van der Waals surface area contributed by atoms with Gasteiger partial charge in [-0.05, 0) is 6.42 Å². The maximum absolute atomic E-state index is 8.40. The van der Waals surface area contributed by atoms with Crippen LogP contribution in [0.2, 0.25) is 0 Å². The molecule has 4 nitrogen and oxygen atoms in total. The van der Waals surface area contributed by atoms with Gasteiger partial charge >= 0.3 is 0 Å². The van der Waals surface area contributed by atoms with Crippen molar-refractivity contribution in [2.75, 3.05) is 6.61 Å². The van der Waals surface area contributed by atoms with Gasteiger partial charge in [-0.3, -0.25) is 4.68 Å². The summed E-state index contributed by atoms with van der Waals surface area (Å²) in [5, 5.41) is 12.3. The third-order valence-corrected chi connectivity index (χ3v) is 1.01. The number of aromatic nitrogens is 3. The van der Waals surface area contributed by atoms with Gasteiger partial charge in [0.05, 0.1) is 0 Å². The normalized spacial score (nSPS) is 9.89. The van der Waals surface area contributed by atoms with Crippen LogP contribution >= 0.6 is 0 Å². The molecule has 9 heavy (non-hydrogen) atoms. The summed E-state index contributed by atoms with van der Waals surface area (Å²) in [7, 11) is 0. The van der Waals surface area contributed by atoms with E-state index in [-0.39, 0.29) is 6.61 Å². The van der Waals surface area contributed by atoms with Crippen molar-refractivity contribution in [3.8, 4) is 0 Å². The van der Waals surface area contributed by atoms with E-state index in [2.05, 4.69) is 10.1 Å². The molecule has 0 aliphatic rings. The van der Waals surface area contributed by atoms with Crippen LogP contribution in [0.25, 0.3) is 0 Å². The number of rotatable bonds is 3. The zero-order valence-electron chi connectivity index (χ0n) is 5.06. The fraction of sp³-hybridized carbons (Fsp3) is 0.600. The highest BCUT2D eigenvalue weighted by Gasteiger charge is 1.87. The Labute approximate surface area is 53.1 Å². The minimum absolute atomic E-state index is 0.208. The van der Waals surface area contributed by atoms with Gasteiger partial charge in [-0.15, -0.1) is 0 Å². The molecular weight excluding hydrogens is 118 g/mol. The van der Waals surface area contributed by atoms with Gasteiger partial charge in [0.15, 0.2) is 0 Å². The van der Waals surface area contributed by atoms with Crippen molar-refractivity contribution < 1.29 is 5.11 Å². The first-order chi connectivity index (χ1) is 4.43. The minimum atomic E-state index is 0.208. The summed E-state index contributed by atoms with van der Waals surface area (Å²) in [5.41, 5.74) is 0. The molecule has 0 bridgehead atoms. The predicted octanol–water partition coefficient (Wildman–Crippen LogP) is -0.339. The molecule has 1 rings (SSSR count). The van der Waals surface area contributed by atoms with Crippen molar-refractivity contribution in [1.82, 2.24) is 14.8 Å². The summed E-state index contributed by atoms with van der Waals surface area (Å²) in [6.07, 6.45) is 3.86. The Kier molecular flexibility index (Phi) is 2.21. The topological polar surface area (TPSA) is 50.9 Å². The molecule has 1 aromatic heterocycles. The van der Waals surface area contributed by atoms with Crippen LogP contribution in [0.1, 0.15) is 6.42 Å². The lowest BCUT2D eigenvalue weighted by Crippen LogP contribution is -1.99. The Balaban J connectivity index is 2.30. The van der Waals surface area contributed by atoms with Crippen LogP contribution in [0.15, 0.2) is 12.7 Å². The third-order valence-electron chi connectivity index (χ3n) is 1.01. The van der Waals surface area contributed by atoms with Crippen LogP contribution in [-0.2, 0) is 6.54 Å². The van der Waals surface area contributed by atoms with Crippen molar-refractivity contribution in [3.05, 3.63) is 12.7 Å². The van der Waals surface area contributed by atoms with Gasteiger partial charge in [-0.1, -0.05) is 0 Å². The Morgan fingerprint density at radius 3 is 3.00 bits per heavy atom. The van der Waals surface area contributed by atoms with E-state index in [0.29, 0.717) is 0 Å². The zero-order chi connectivity index (χ0) is 6.53. The quantitative estimate of drug-likeness (QED) is 0.604. The van der Waals surface area contributed by atoms with Crippen molar-refractivity contribution >= 4 is 0 Å². The molecule has 50 valence electrons. The molecule has 1 aromatic rings. The highest BCUT2D eigenvalue weighted by atomic mass is 16.3. The molecule has 0 radical (unpaired) electrons. The first kappa shape index (κ1) is 6.22. The average molecular weight is 127 g/mol. The first-order valence-corrected chi connectivity index (χ1v) is 2.87. The monoisotopic (exact) mass is 127 g/mol. The SMILES string of the molecule is OCCCn1cncn1. The Morgan fingerprint density at radius 1 is 1.56 bits per heavy atom.